The third-order valence-electron chi connectivity index (χ3n) is 5.10. The Morgan fingerprint density at radius 3 is 2.52 bits per heavy atom. The molecule has 8 nitrogen and oxygen atoms in total. The maximum absolute atomic E-state index is 12.4. The van der Waals surface area contributed by atoms with Crippen molar-refractivity contribution >= 4 is 11.9 Å². The van der Waals surface area contributed by atoms with Crippen molar-refractivity contribution in [2.75, 3.05) is 53.0 Å². The molecular formula is C23H32N4O4. The van der Waals surface area contributed by atoms with Crippen LogP contribution in [0.2, 0.25) is 0 Å². The molecule has 3 rings (SSSR count). The highest BCUT2D eigenvalue weighted by Crippen LogP contribution is 2.11. The number of aliphatic imine (C=N–C) groups is 1. The normalized spacial score (nSPS) is 14.7. The Bertz CT molecular complexity index is 830. The molecule has 1 aromatic carbocycles. The van der Waals surface area contributed by atoms with E-state index in [9.17, 15) is 4.79 Å². The highest BCUT2D eigenvalue weighted by molar-refractivity contribution is 5.91. The zero-order valence-corrected chi connectivity index (χ0v) is 18.4. The summed E-state index contributed by atoms with van der Waals surface area (Å²) in [7, 11) is 1.78. The maximum atomic E-state index is 12.4. The summed E-state index contributed by atoms with van der Waals surface area (Å²) in [5.41, 5.74) is 2.30. The van der Waals surface area contributed by atoms with E-state index in [1.807, 2.05) is 17.9 Å². The van der Waals surface area contributed by atoms with Crippen LogP contribution in [0, 0.1) is 0 Å². The van der Waals surface area contributed by atoms with Crippen molar-refractivity contribution in [2.45, 2.75) is 20.1 Å². The monoisotopic (exact) mass is 428 g/mol. The Kier molecular flexibility index (Phi) is 8.93. The molecule has 1 N–H and O–H groups in total. The van der Waals surface area contributed by atoms with Crippen LogP contribution in [0.5, 0.6) is 0 Å². The highest BCUT2D eigenvalue weighted by atomic mass is 16.5. The Morgan fingerprint density at radius 2 is 1.81 bits per heavy atom. The Hall–Kier alpha value is -2.84. The summed E-state index contributed by atoms with van der Waals surface area (Å²) in [6, 6.07) is 11.8. The summed E-state index contributed by atoms with van der Waals surface area (Å²) < 4.78 is 16.2. The van der Waals surface area contributed by atoms with Crippen molar-refractivity contribution in [1.82, 2.24) is 15.1 Å². The van der Waals surface area contributed by atoms with E-state index < -0.39 is 0 Å². The first-order valence-electron chi connectivity index (χ1n) is 10.7. The number of nitrogens with one attached hydrogen (secondary N) is 1. The summed E-state index contributed by atoms with van der Waals surface area (Å²) in [4.78, 5) is 20.8. The smallest absolute Gasteiger partial charge is 0.289 e. The van der Waals surface area contributed by atoms with E-state index in [-0.39, 0.29) is 5.91 Å². The van der Waals surface area contributed by atoms with Gasteiger partial charge in [-0.2, -0.15) is 0 Å². The van der Waals surface area contributed by atoms with Crippen LogP contribution in [0.1, 0.15) is 28.6 Å². The Morgan fingerprint density at radius 1 is 1.06 bits per heavy atom. The number of nitrogens with zero attached hydrogens (tertiary/aromatic N) is 3. The van der Waals surface area contributed by atoms with Crippen LogP contribution in [0.4, 0.5) is 0 Å². The number of carbonyl (C=O) groups excluding carboxylic acids is 1. The lowest BCUT2D eigenvalue weighted by molar-refractivity contribution is 0.0453. The lowest BCUT2D eigenvalue weighted by Gasteiger charge is -2.36. The van der Waals surface area contributed by atoms with E-state index >= 15 is 0 Å². The highest BCUT2D eigenvalue weighted by Gasteiger charge is 2.25. The molecule has 8 heteroatoms. The Labute approximate surface area is 183 Å². The summed E-state index contributed by atoms with van der Waals surface area (Å²) in [6.45, 7) is 7.85. The molecule has 0 unspecified atom stereocenters. The third kappa shape index (κ3) is 6.83. The molecule has 1 aliphatic rings. The van der Waals surface area contributed by atoms with Gasteiger partial charge in [0.25, 0.3) is 5.91 Å². The number of carbonyl (C=O) groups is 1. The lowest BCUT2D eigenvalue weighted by atomic mass is 10.1. The molecule has 1 fully saturated rings. The molecule has 2 aromatic rings. The van der Waals surface area contributed by atoms with Crippen molar-refractivity contribution in [3.63, 3.8) is 0 Å². The second-order valence-corrected chi connectivity index (χ2v) is 7.23. The molecule has 0 bridgehead atoms. The maximum Gasteiger partial charge on any atom is 0.289 e. The number of piperazine rings is 1. The molecule has 0 atom stereocenters. The molecule has 0 aliphatic carbocycles. The topological polar surface area (TPSA) is 79.5 Å². The molecule has 1 saturated heterocycles. The van der Waals surface area contributed by atoms with Crippen molar-refractivity contribution in [3.8, 4) is 0 Å². The summed E-state index contributed by atoms with van der Waals surface area (Å²) in [5, 5.41) is 3.43. The van der Waals surface area contributed by atoms with Crippen LogP contribution >= 0.6 is 0 Å². The zero-order valence-electron chi connectivity index (χ0n) is 18.4. The minimum Gasteiger partial charge on any atom is -0.459 e. The molecule has 1 aliphatic heterocycles. The average molecular weight is 429 g/mol. The fraction of sp³-hybridized carbons (Fsp3) is 0.478. The van der Waals surface area contributed by atoms with E-state index in [0.29, 0.717) is 51.8 Å². The van der Waals surface area contributed by atoms with E-state index in [1.54, 1.807) is 19.2 Å². The van der Waals surface area contributed by atoms with Gasteiger partial charge in [-0.3, -0.25) is 9.79 Å². The minimum atomic E-state index is -0.0621. The van der Waals surface area contributed by atoms with Crippen LogP contribution in [0.15, 0.2) is 52.1 Å². The summed E-state index contributed by atoms with van der Waals surface area (Å²) in [5.74, 6) is 1.16. The molecule has 1 aromatic heterocycles. The van der Waals surface area contributed by atoms with Gasteiger partial charge in [-0.1, -0.05) is 24.3 Å². The molecule has 2 heterocycles. The van der Waals surface area contributed by atoms with Gasteiger partial charge in [-0.05, 0) is 30.2 Å². The first-order valence-corrected chi connectivity index (χ1v) is 10.7. The van der Waals surface area contributed by atoms with Gasteiger partial charge < -0.3 is 29.0 Å². The van der Waals surface area contributed by atoms with Gasteiger partial charge in [0.15, 0.2) is 11.7 Å². The van der Waals surface area contributed by atoms with E-state index in [0.717, 1.165) is 24.6 Å². The van der Waals surface area contributed by atoms with Gasteiger partial charge in [0.05, 0.1) is 26.1 Å². The number of hydrogen-bond donors (Lipinski definition) is 1. The SMILES string of the molecule is CCOCCOCc1cccc(CNC(=NC)N2CCN(C(=O)c3ccco3)CC2)c1. The molecule has 0 radical (unpaired) electrons. The van der Waals surface area contributed by atoms with Crippen LogP contribution in [0.25, 0.3) is 0 Å². The van der Waals surface area contributed by atoms with Crippen molar-refractivity contribution in [2.24, 2.45) is 4.99 Å². The molecule has 0 saturated carbocycles. The lowest BCUT2D eigenvalue weighted by Crippen LogP contribution is -2.53. The van der Waals surface area contributed by atoms with Gasteiger partial charge in [0.2, 0.25) is 0 Å². The van der Waals surface area contributed by atoms with Gasteiger partial charge in [-0.15, -0.1) is 0 Å². The number of ether oxygens (including phenoxy) is 2. The predicted molar refractivity (Wildman–Crippen MR) is 119 cm³/mol. The average Bonchev–Trinajstić information content (AvgIpc) is 3.35. The van der Waals surface area contributed by atoms with E-state index in [1.165, 1.54) is 11.8 Å². The fourth-order valence-corrected chi connectivity index (χ4v) is 3.47. The number of furan rings is 1. The molecule has 168 valence electrons. The minimum absolute atomic E-state index is 0.0621. The third-order valence-corrected chi connectivity index (χ3v) is 5.10. The van der Waals surface area contributed by atoms with Crippen LogP contribution in [0.3, 0.4) is 0 Å². The molecule has 31 heavy (non-hydrogen) atoms. The fourth-order valence-electron chi connectivity index (χ4n) is 3.47. The predicted octanol–water partition coefficient (Wildman–Crippen LogP) is 2.37. The van der Waals surface area contributed by atoms with Crippen LogP contribution in [-0.4, -0.2) is 74.7 Å². The van der Waals surface area contributed by atoms with Gasteiger partial charge >= 0.3 is 0 Å². The van der Waals surface area contributed by atoms with Gasteiger partial charge in [0, 0.05) is 46.4 Å². The first kappa shape index (κ1) is 22.8. The first-order chi connectivity index (χ1) is 15.2. The molecule has 0 spiro atoms. The summed E-state index contributed by atoms with van der Waals surface area (Å²) >= 11 is 0. The second-order valence-electron chi connectivity index (χ2n) is 7.23. The van der Waals surface area contributed by atoms with Gasteiger partial charge in [0.1, 0.15) is 0 Å². The van der Waals surface area contributed by atoms with Crippen molar-refractivity contribution in [3.05, 3.63) is 59.5 Å². The number of amides is 1. The quantitative estimate of drug-likeness (QED) is 0.375. The van der Waals surface area contributed by atoms with Crippen molar-refractivity contribution in [1.29, 1.82) is 0 Å². The number of benzene rings is 1. The second kappa shape index (κ2) is 12.1. The standard InChI is InChI=1S/C23H32N4O4/c1-3-29-14-15-30-18-20-7-4-6-19(16-20)17-25-23(24-2)27-11-9-26(10-12-27)22(28)21-8-5-13-31-21/h4-8,13,16H,3,9-12,14-15,17-18H2,1-2H3,(H,24,25). The van der Waals surface area contributed by atoms with E-state index in [4.69, 9.17) is 13.9 Å². The summed E-state index contributed by atoms with van der Waals surface area (Å²) in [6.07, 6.45) is 1.53. The number of rotatable bonds is 9. The van der Waals surface area contributed by atoms with Gasteiger partial charge in [-0.25, -0.2) is 0 Å². The molecular weight excluding hydrogens is 396 g/mol. The van der Waals surface area contributed by atoms with Crippen molar-refractivity contribution < 1.29 is 18.7 Å². The zero-order chi connectivity index (χ0) is 21.9. The largest absolute Gasteiger partial charge is 0.459 e. The van der Waals surface area contributed by atoms with Crippen LogP contribution < -0.4 is 5.32 Å². The molecule has 1 amide bonds. The number of guanidine groups is 1. The number of hydrogen-bond acceptors (Lipinski definition) is 5. The Balaban J connectivity index is 1.44. The van der Waals surface area contributed by atoms with E-state index in [2.05, 4.69) is 33.4 Å². The van der Waals surface area contributed by atoms with Crippen LogP contribution in [-0.2, 0) is 22.6 Å².